The fraction of sp³-hybridized carbons (Fsp3) is 0.455. The number of hydrogen-bond acceptors (Lipinski definition) is 2. The zero-order valence-corrected chi connectivity index (χ0v) is 9.43. The molecule has 2 nitrogen and oxygen atoms in total. The Hall–Kier alpha value is -0.730. The Morgan fingerprint density at radius 2 is 2.21 bits per heavy atom. The van der Waals surface area contributed by atoms with Gasteiger partial charge in [0.15, 0.2) is 0 Å². The normalized spacial score (nSPS) is 12.6. The second kappa shape index (κ2) is 5.23. The molecule has 0 fully saturated rings. The van der Waals surface area contributed by atoms with Crippen LogP contribution in [0.3, 0.4) is 0 Å². The molecule has 0 bridgehead atoms. The van der Waals surface area contributed by atoms with Crippen molar-refractivity contribution in [2.24, 2.45) is 11.7 Å². The third-order valence-corrected chi connectivity index (χ3v) is 2.64. The van der Waals surface area contributed by atoms with Crippen molar-refractivity contribution in [3.8, 4) is 0 Å². The van der Waals surface area contributed by atoms with Crippen LogP contribution in [-0.2, 0) is 0 Å². The van der Waals surface area contributed by atoms with Crippen LogP contribution in [0, 0.1) is 12.8 Å². The highest BCUT2D eigenvalue weighted by Crippen LogP contribution is 2.19. The minimum atomic E-state index is 0.482. The van der Waals surface area contributed by atoms with Crippen LogP contribution in [-0.4, -0.2) is 13.1 Å². The van der Waals surface area contributed by atoms with Crippen LogP contribution in [0.15, 0.2) is 18.2 Å². The maximum atomic E-state index is 6.00. The summed E-state index contributed by atoms with van der Waals surface area (Å²) in [4.78, 5) is 0. The molecule has 0 radical (unpaired) electrons. The second-order valence-electron chi connectivity index (χ2n) is 3.69. The number of nitrogens with two attached hydrogens (primary N) is 1. The standard InChI is InChI=1S/C11H17ClN2/c1-8(6-13)7-14-10-4-3-9(2)11(12)5-10/h3-5,8,14H,6-7,13H2,1-2H3. The molecule has 3 N–H and O–H groups in total. The van der Waals surface area contributed by atoms with E-state index in [2.05, 4.69) is 12.2 Å². The molecule has 3 heteroatoms. The highest BCUT2D eigenvalue weighted by molar-refractivity contribution is 6.31. The van der Waals surface area contributed by atoms with Gasteiger partial charge < -0.3 is 11.1 Å². The first-order valence-corrected chi connectivity index (χ1v) is 5.21. The van der Waals surface area contributed by atoms with Crippen LogP contribution in [0.25, 0.3) is 0 Å². The summed E-state index contributed by atoms with van der Waals surface area (Å²) in [5.41, 5.74) is 7.68. The van der Waals surface area contributed by atoms with E-state index in [1.54, 1.807) is 0 Å². The molecule has 0 aromatic heterocycles. The molecule has 1 unspecified atom stereocenters. The molecule has 1 aromatic carbocycles. The highest BCUT2D eigenvalue weighted by Gasteiger charge is 2.00. The van der Waals surface area contributed by atoms with Crippen LogP contribution in [0.5, 0.6) is 0 Å². The van der Waals surface area contributed by atoms with Crippen molar-refractivity contribution in [3.63, 3.8) is 0 Å². The number of benzene rings is 1. The Balaban J connectivity index is 2.55. The summed E-state index contributed by atoms with van der Waals surface area (Å²) in [6, 6.07) is 5.99. The Bertz CT molecular complexity index is 299. The lowest BCUT2D eigenvalue weighted by Gasteiger charge is -2.11. The van der Waals surface area contributed by atoms with Gasteiger partial charge in [0.25, 0.3) is 0 Å². The van der Waals surface area contributed by atoms with Crippen molar-refractivity contribution in [3.05, 3.63) is 28.8 Å². The van der Waals surface area contributed by atoms with Crippen molar-refractivity contribution in [2.45, 2.75) is 13.8 Å². The van der Waals surface area contributed by atoms with E-state index in [1.807, 2.05) is 25.1 Å². The minimum absolute atomic E-state index is 0.482. The summed E-state index contributed by atoms with van der Waals surface area (Å²) < 4.78 is 0. The second-order valence-corrected chi connectivity index (χ2v) is 4.09. The Morgan fingerprint density at radius 1 is 1.50 bits per heavy atom. The molecule has 0 aliphatic carbocycles. The molecular weight excluding hydrogens is 196 g/mol. The Labute approximate surface area is 90.4 Å². The van der Waals surface area contributed by atoms with Crippen LogP contribution in [0.2, 0.25) is 5.02 Å². The lowest BCUT2D eigenvalue weighted by Crippen LogP contribution is -2.19. The van der Waals surface area contributed by atoms with Gasteiger partial charge in [-0.15, -0.1) is 0 Å². The molecule has 1 rings (SSSR count). The molecule has 0 spiro atoms. The van der Waals surface area contributed by atoms with Crippen LogP contribution < -0.4 is 11.1 Å². The Morgan fingerprint density at radius 3 is 2.79 bits per heavy atom. The van der Waals surface area contributed by atoms with Crippen molar-refractivity contribution in [2.75, 3.05) is 18.4 Å². The van der Waals surface area contributed by atoms with Crippen molar-refractivity contribution < 1.29 is 0 Å². The predicted octanol–water partition coefficient (Wildman–Crippen LogP) is 2.66. The summed E-state index contributed by atoms with van der Waals surface area (Å²) in [7, 11) is 0. The Kier molecular flexibility index (Phi) is 4.23. The first-order valence-electron chi connectivity index (χ1n) is 4.83. The minimum Gasteiger partial charge on any atom is -0.385 e. The first kappa shape index (κ1) is 11.3. The third kappa shape index (κ3) is 3.20. The van der Waals surface area contributed by atoms with Crippen LogP contribution in [0.4, 0.5) is 5.69 Å². The van der Waals surface area contributed by atoms with Gasteiger partial charge in [0.2, 0.25) is 0 Å². The molecule has 0 aliphatic heterocycles. The number of rotatable bonds is 4. The van der Waals surface area contributed by atoms with E-state index in [-0.39, 0.29) is 0 Å². The van der Waals surface area contributed by atoms with Gasteiger partial charge in [0, 0.05) is 17.3 Å². The van der Waals surface area contributed by atoms with Gasteiger partial charge in [-0.05, 0) is 37.1 Å². The number of aryl methyl sites for hydroxylation is 1. The van der Waals surface area contributed by atoms with E-state index in [4.69, 9.17) is 17.3 Å². The van der Waals surface area contributed by atoms with E-state index in [0.717, 1.165) is 22.8 Å². The summed E-state index contributed by atoms with van der Waals surface area (Å²) in [6.45, 7) is 5.69. The average Bonchev–Trinajstić information content (AvgIpc) is 2.19. The molecule has 1 aromatic rings. The summed E-state index contributed by atoms with van der Waals surface area (Å²) in [5, 5.41) is 4.10. The number of nitrogens with one attached hydrogen (secondary N) is 1. The molecule has 0 heterocycles. The summed E-state index contributed by atoms with van der Waals surface area (Å²) >= 11 is 6.00. The molecule has 78 valence electrons. The van der Waals surface area contributed by atoms with Crippen molar-refractivity contribution in [1.29, 1.82) is 0 Å². The molecule has 1 atom stereocenters. The van der Waals surface area contributed by atoms with Gasteiger partial charge >= 0.3 is 0 Å². The number of halogens is 1. The zero-order valence-electron chi connectivity index (χ0n) is 8.68. The maximum absolute atomic E-state index is 6.00. The maximum Gasteiger partial charge on any atom is 0.0455 e. The first-order chi connectivity index (χ1) is 6.63. The molecule has 0 saturated carbocycles. The van der Waals surface area contributed by atoms with Gasteiger partial charge in [-0.2, -0.15) is 0 Å². The van der Waals surface area contributed by atoms with Gasteiger partial charge in [-0.3, -0.25) is 0 Å². The monoisotopic (exact) mass is 212 g/mol. The van der Waals surface area contributed by atoms with Gasteiger partial charge in [0.1, 0.15) is 0 Å². The van der Waals surface area contributed by atoms with E-state index in [0.29, 0.717) is 12.5 Å². The number of anilines is 1. The van der Waals surface area contributed by atoms with Gasteiger partial charge in [-0.1, -0.05) is 24.6 Å². The smallest absolute Gasteiger partial charge is 0.0455 e. The fourth-order valence-electron chi connectivity index (χ4n) is 1.08. The van der Waals surface area contributed by atoms with E-state index in [1.165, 1.54) is 0 Å². The number of hydrogen-bond donors (Lipinski definition) is 2. The average molecular weight is 213 g/mol. The van der Waals surface area contributed by atoms with Crippen LogP contribution in [0.1, 0.15) is 12.5 Å². The molecule has 0 saturated heterocycles. The van der Waals surface area contributed by atoms with Gasteiger partial charge in [0.05, 0.1) is 0 Å². The molecule has 0 amide bonds. The van der Waals surface area contributed by atoms with E-state index in [9.17, 15) is 0 Å². The zero-order chi connectivity index (χ0) is 10.6. The van der Waals surface area contributed by atoms with Gasteiger partial charge in [-0.25, -0.2) is 0 Å². The summed E-state index contributed by atoms with van der Waals surface area (Å²) in [5.74, 6) is 0.482. The summed E-state index contributed by atoms with van der Waals surface area (Å²) in [6.07, 6.45) is 0. The molecule has 14 heavy (non-hydrogen) atoms. The SMILES string of the molecule is Cc1ccc(NCC(C)CN)cc1Cl. The topological polar surface area (TPSA) is 38.0 Å². The van der Waals surface area contributed by atoms with Crippen molar-refractivity contribution in [1.82, 2.24) is 0 Å². The van der Waals surface area contributed by atoms with Crippen LogP contribution >= 0.6 is 11.6 Å². The lowest BCUT2D eigenvalue weighted by atomic mass is 10.1. The lowest BCUT2D eigenvalue weighted by molar-refractivity contribution is 0.628. The highest BCUT2D eigenvalue weighted by atomic mass is 35.5. The largest absolute Gasteiger partial charge is 0.385 e. The fourth-order valence-corrected chi connectivity index (χ4v) is 1.26. The van der Waals surface area contributed by atoms with E-state index < -0.39 is 0 Å². The molecular formula is C11H17ClN2. The van der Waals surface area contributed by atoms with Crippen molar-refractivity contribution >= 4 is 17.3 Å². The quantitative estimate of drug-likeness (QED) is 0.806. The predicted molar refractivity (Wildman–Crippen MR) is 62.9 cm³/mol. The van der Waals surface area contributed by atoms with E-state index >= 15 is 0 Å². The molecule has 0 aliphatic rings. The third-order valence-electron chi connectivity index (χ3n) is 2.23.